The minimum atomic E-state index is -0.301. The van der Waals surface area contributed by atoms with Gasteiger partial charge in [-0.15, -0.1) is 0 Å². The lowest BCUT2D eigenvalue weighted by Crippen LogP contribution is -2.25. The van der Waals surface area contributed by atoms with Crippen LogP contribution in [0.3, 0.4) is 0 Å². The van der Waals surface area contributed by atoms with E-state index in [1.807, 2.05) is 0 Å². The molecule has 112 valence electrons. The fraction of sp³-hybridized carbons (Fsp3) is 0.467. The van der Waals surface area contributed by atoms with Crippen LogP contribution < -0.4 is 5.73 Å². The van der Waals surface area contributed by atoms with E-state index in [2.05, 4.69) is 26.1 Å². The van der Waals surface area contributed by atoms with E-state index in [-0.39, 0.29) is 11.7 Å². The van der Waals surface area contributed by atoms with Crippen LogP contribution >= 0.6 is 15.9 Å². The Morgan fingerprint density at radius 2 is 2.14 bits per heavy atom. The number of hydrogen-bond acceptors (Lipinski definition) is 4. The van der Waals surface area contributed by atoms with Crippen molar-refractivity contribution >= 4 is 15.9 Å². The van der Waals surface area contributed by atoms with Gasteiger partial charge in [0, 0.05) is 16.0 Å². The number of nitrogens with zero attached hydrogens (tertiary/aromatic N) is 2. The second-order valence-corrected chi connectivity index (χ2v) is 6.32. The van der Waals surface area contributed by atoms with E-state index in [0.717, 1.165) is 18.4 Å². The first-order valence-corrected chi connectivity index (χ1v) is 7.97. The SMILES string of the molecule is NCC1CCCCC1c1nc(-c2ccc(F)cc2Br)no1. The topological polar surface area (TPSA) is 64.9 Å². The average molecular weight is 354 g/mol. The lowest BCUT2D eigenvalue weighted by Gasteiger charge is -2.27. The Hall–Kier alpha value is -1.27. The smallest absolute Gasteiger partial charge is 0.230 e. The van der Waals surface area contributed by atoms with Crippen LogP contribution in [0, 0.1) is 11.7 Å². The van der Waals surface area contributed by atoms with Gasteiger partial charge in [-0.05, 0) is 59.4 Å². The molecule has 0 bridgehead atoms. The molecule has 1 heterocycles. The van der Waals surface area contributed by atoms with E-state index >= 15 is 0 Å². The van der Waals surface area contributed by atoms with Gasteiger partial charge in [0.05, 0.1) is 0 Å². The van der Waals surface area contributed by atoms with Crippen molar-refractivity contribution in [3.05, 3.63) is 34.4 Å². The zero-order valence-corrected chi connectivity index (χ0v) is 13.1. The number of aromatic nitrogens is 2. The monoisotopic (exact) mass is 353 g/mol. The van der Waals surface area contributed by atoms with Gasteiger partial charge in [0.15, 0.2) is 0 Å². The molecule has 2 atom stereocenters. The third-order valence-electron chi connectivity index (χ3n) is 4.14. The first-order valence-electron chi connectivity index (χ1n) is 7.18. The molecule has 0 spiro atoms. The van der Waals surface area contributed by atoms with Gasteiger partial charge in [-0.1, -0.05) is 18.0 Å². The highest BCUT2D eigenvalue weighted by Gasteiger charge is 2.30. The minimum absolute atomic E-state index is 0.240. The maximum Gasteiger partial charge on any atom is 0.230 e. The molecule has 0 aliphatic heterocycles. The lowest BCUT2D eigenvalue weighted by atomic mass is 9.79. The van der Waals surface area contributed by atoms with Crippen molar-refractivity contribution in [2.24, 2.45) is 11.7 Å². The van der Waals surface area contributed by atoms with Gasteiger partial charge < -0.3 is 10.3 Å². The van der Waals surface area contributed by atoms with Crippen molar-refractivity contribution in [1.82, 2.24) is 10.1 Å². The zero-order chi connectivity index (χ0) is 14.8. The molecule has 1 aromatic heterocycles. The Morgan fingerprint density at radius 1 is 1.33 bits per heavy atom. The van der Waals surface area contributed by atoms with Crippen molar-refractivity contribution in [1.29, 1.82) is 0 Å². The van der Waals surface area contributed by atoms with Crippen LogP contribution in [0.2, 0.25) is 0 Å². The Morgan fingerprint density at radius 3 is 2.90 bits per heavy atom. The average Bonchev–Trinajstić information content (AvgIpc) is 2.96. The van der Waals surface area contributed by atoms with E-state index in [1.165, 1.54) is 25.0 Å². The summed E-state index contributed by atoms with van der Waals surface area (Å²) in [5.74, 6) is 1.48. The highest BCUT2D eigenvalue weighted by Crippen LogP contribution is 2.37. The molecule has 2 aromatic rings. The third kappa shape index (κ3) is 3.01. The van der Waals surface area contributed by atoms with Gasteiger partial charge in [0.25, 0.3) is 0 Å². The molecule has 1 aromatic carbocycles. The number of hydrogen-bond donors (Lipinski definition) is 1. The predicted molar refractivity (Wildman–Crippen MR) is 81.1 cm³/mol. The van der Waals surface area contributed by atoms with Crippen LogP contribution in [0.25, 0.3) is 11.4 Å². The van der Waals surface area contributed by atoms with Crippen LogP contribution in [0.15, 0.2) is 27.2 Å². The van der Waals surface area contributed by atoms with Gasteiger partial charge in [0.2, 0.25) is 11.7 Å². The van der Waals surface area contributed by atoms with Gasteiger partial charge in [-0.25, -0.2) is 4.39 Å². The van der Waals surface area contributed by atoms with Crippen LogP contribution in [0.5, 0.6) is 0 Å². The van der Waals surface area contributed by atoms with E-state index in [4.69, 9.17) is 10.3 Å². The van der Waals surface area contributed by atoms with Gasteiger partial charge in [0.1, 0.15) is 5.82 Å². The summed E-state index contributed by atoms with van der Waals surface area (Å²) in [5.41, 5.74) is 6.58. The first-order chi connectivity index (χ1) is 10.2. The van der Waals surface area contributed by atoms with Crippen molar-refractivity contribution in [3.63, 3.8) is 0 Å². The molecule has 4 nitrogen and oxygen atoms in total. The largest absolute Gasteiger partial charge is 0.339 e. The Labute approximate surface area is 131 Å². The van der Waals surface area contributed by atoms with Crippen molar-refractivity contribution in [2.45, 2.75) is 31.6 Å². The molecule has 0 radical (unpaired) electrons. The van der Waals surface area contributed by atoms with Gasteiger partial charge in [-0.2, -0.15) is 4.98 Å². The van der Waals surface area contributed by atoms with E-state index < -0.39 is 0 Å². The summed E-state index contributed by atoms with van der Waals surface area (Å²) in [7, 11) is 0. The molecule has 1 saturated carbocycles. The molecule has 2 N–H and O–H groups in total. The molecule has 2 unspecified atom stereocenters. The predicted octanol–water partition coefficient (Wildman–Crippen LogP) is 3.87. The van der Waals surface area contributed by atoms with Crippen molar-refractivity contribution < 1.29 is 8.91 Å². The van der Waals surface area contributed by atoms with Crippen molar-refractivity contribution in [2.75, 3.05) is 6.54 Å². The molecule has 6 heteroatoms. The quantitative estimate of drug-likeness (QED) is 0.909. The summed E-state index contributed by atoms with van der Waals surface area (Å²) >= 11 is 3.33. The van der Waals surface area contributed by atoms with Gasteiger partial charge in [-0.3, -0.25) is 0 Å². The summed E-state index contributed by atoms with van der Waals surface area (Å²) in [5, 5.41) is 4.04. The highest BCUT2D eigenvalue weighted by atomic mass is 79.9. The van der Waals surface area contributed by atoms with Crippen LogP contribution in [-0.4, -0.2) is 16.7 Å². The maximum absolute atomic E-state index is 13.1. The Kier molecular flexibility index (Phi) is 4.35. The normalized spacial score (nSPS) is 22.4. The third-order valence-corrected chi connectivity index (χ3v) is 4.80. The zero-order valence-electron chi connectivity index (χ0n) is 11.6. The Balaban J connectivity index is 1.89. The first kappa shape index (κ1) is 14.7. The molecular formula is C15H17BrFN3O. The number of halogens is 2. The molecule has 21 heavy (non-hydrogen) atoms. The summed E-state index contributed by atoms with van der Waals surface area (Å²) in [6, 6.07) is 4.43. The van der Waals surface area contributed by atoms with E-state index in [9.17, 15) is 4.39 Å². The minimum Gasteiger partial charge on any atom is -0.339 e. The fourth-order valence-electron chi connectivity index (χ4n) is 2.98. The van der Waals surface area contributed by atoms with Crippen LogP contribution in [-0.2, 0) is 0 Å². The molecule has 0 saturated heterocycles. The second-order valence-electron chi connectivity index (χ2n) is 5.47. The van der Waals surface area contributed by atoms with Gasteiger partial charge >= 0.3 is 0 Å². The number of benzene rings is 1. The van der Waals surface area contributed by atoms with E-state index in [0.29, 0.717) is 28.7 Å². The highest BCUT2D eigenvalue weighted by molar-refractivity contribution is 9.10. The molecular weight excluding hydrogens is 337 g/mol. The van der Waals surface area contributed by atoms with Crippen LogP contribution in [0.4, 0.5) is 4.39 Å². The number of rotatable bonds is 3. The van der Waals surface area contributed by atoms with Crippen molar-refractivity contribution in [3.8, 4) is 11.4 Å². The number of nitrogens with two attached hydrogens (primary N) is 1. The Bertz CT molecular complexity index is 631. The standard InChI is InChI=1S/C15H17BrFN3O/c16-13-7-10(17)5-6-12(13)14-19-15(21-20-14)11-4-2-1-3-9(11)8-18/h5-7,9,11H,1-4,8,18H2. The maximum atomic E-state index is 13.1. The lowest BCUT2D eigenvalue weighted by molar-refractivity contribution is 0.249. The molecule has 1 aliphatic rings. The van der Waals surface area contributed by atoms with Crippen LogP contribution in [0.1, 0.15) is 37.5 Å². The van der Waals surface area contributed by atoms with E-state index in [1.54, 1.807) is 6.07 Å². The summed E-state index contributed by atoms with van der Waals surface area (Å²) in [6.07, 6.45) is 4.52. The fourth-order valence-corrected chi connectivity index (χ4v) is 3.51. The molecule has 1 aliphatic carbocycles. The summed E-state index contributed by atoms with van der Waals surface area (Å²) < 4.78 is 19.2. The molecule has 3 rings (SSSR count). The molecule has 0 amide bonds. The molecule has 1 fully saturated rings. The summed E-state index contributed by atoms with van der Waals surface area (Å²) in [4.78, 5) is 4.51. The summed E-state index contributed by atoms with van der Waals surface area (Å²) in [6.45, 7) is 0.641. The second kappa shape index (κ2) is 6.23.